The smallest absolute Gasteiger partial charge is 0.151 e. The predicted octanol–water partition coefficient (Wildman–Crippen LogP) is 2.57. The van der Waals surface area contributed by atoms with Crippen LogP contribution in [0, 0.1) is 0 Å². The molecule has 1 aromatic rings. The van der Waals surface area contributed by atoms with Gasteiger partial charge in [-0.2, -0.15) is 11.8 Å². The second-order valence-electron chi connectivity index (χ2n) is 6.06. The van der Waals surface area contributed by atoms with Crippen LogP contribution in [0.2, 0.25) is 0 Å². The topological polar surface area (TPSA) is 37.4 Å². The normalized spacial score (nSPS) is 24.5. The molecule has 1 saturated heterocycles. The SMILES string of the molecule is O=S1(=O)CCC(N(CCSCc2ccccc2)C2CC2)C1. The van der Waals surface area contributed by atoms with Gasteiger partial charge < -0.3 is 0 Å². The zero-order valence-corrected chi connectivity index (χ0v) is 13.9. The van der Waals surface area contributed by atoms with Crippen molar-refractivity contribution in [1.82, 2.24) is 4.90 Å². The highest BCUT2D eigenvalue weighted by Crippen LogP contribution is 2.32. The molecule has 0 spiro atoms. The fraction of sp³-hybridized carbons (Fsp3) is 0.625. The molecule has 2 fully saturated rings. The minimum atomic E-state index is -2.77. The van der Waals surface area contributed by atoms with Gasteiger partial charge in [0.1, 0.15) is 0 Å². The lowest BCUT2D eigenvalue weighted by atomic mass is 10.2. The molecular weight excluding hydrogens is 302 g/mol. The van der Waals surface area contributed by atoms with E-state index in [1.54, 1.807) is 0 Å². The summed E-state index contributed by atoms with van der Waals surface area (Å²) in [4.78, 5) is 2.47. The van der Waals surface area contributed by atoms with Crippen molar-refractivity contribution in [2.75, 3.05) is 23.8 Å². The largest absolute Gasteiger partial charge is 0.296 e. The third kappa shape index (κ3) is 4.47. The summed E-state index contributed by atoms with van der Waals surface area (Å²) in [6.07, 6.45) is 3.34. The van der Waals surface area contributed by atoms with Gasteiger partial charge in [-0.1, -0.05) is 30.3 Å². The standard InChI is InChI=1S/C16H23NO2S2/c18-21(19)11-8-16(13-21)17(15-6-7-15)9-10-20-12-14-4-2-1-3-5-14/h1-5,15-16H,6-13H2. The summed E-state index contributed by atoms with van der Waals surface area (Å²) in [5.74, 6) is 2.90. The van der Waals surface area contributed by atoms with E-state index in [1.165, 1.54) is 18.4 Å². The first-order chi connectivity index (χ1) is 10.1. The summed E-state index contributed by atoms with van der Waals surface area (Å²) in [5.41, 5.74) is 1.36. The molecule has 3 nitrogen and oxygen atoms in total. The predicted molar refractivity (Wildman–Crippen MR) is 89.4 cm³/mol. The molecule has 1 unspecified atom stereocenters. The van der Waals surface area contributed by atoms with Gasteiger partial charge in [0.05, 0.1) is 11.5 Å². The Kier molecular flexibility index (Phi) is 4.92. The highest BCUT2D eigenvalue weighted by atomic mass is 32.2. The van der Waals surface area contributed by atoms with Crippen molar-refractivity contribution in [2.24, 2.45) is 0 Å². The lowest BCUT2D eigenvalue weighted by Crippen LogP contribution is -2.39. The summed E-state index contributed by atoms with van der Waals surface area (Å²) in [6.45, 7) is 1.03. The maximum atomic E-state index is 11.7. The summed E-state index contributed by atoms with van der Waals surface area (Å²) in [6, 6.07) is 11.5. The van der Waals surface area contributed by atoms with Crippen LogP contribution in [0.5, 0.6) is 0 Å². The van der Waals surface area contributed by atoms with E-state index in [4.69, 9.17) is 0 Å². The maximum Gasteiger partial charge on any atom is 0.151 e. The highest BCUT2D eigenvalue weighted by molar-refractivity contribution is 7.98. The molecule has 116 valence electrons. The van der Waals surface area contributed by atoms with Crippen molar-refractivity contribution in [1.29, 1.82) is 0 Å². The Morgan fingerprint density at radius 2 is 1.86 bits per heavy atom. The fourth-order valence-corrected chi connectivity index (χ4v) is 5.70. The van der Waals surface area contributed by atoms with E-state index >= 15 is 0 Å². The van der Waals surface area contributed by atoms with Crippen LogP contribution in [0.3, 0.4) is 0 Å². The van der Waals surface area contributed by atoms with Crippen LogP contribution in [0.1, 0.15) is 24.8 Å². The van der Waals surface area contributed by atoms with Crippen LogP contribution < -0.4 is 0 Å². The van der Waals surface area contributed by atoms with Gasteiger partial charge in [-0.3, -0.25) is 4.90 Å². The van der Waals surface area contributed by atoms with Crippen LogP contribution in [0.4, 0.5) is 0 Å². The summed E-state index contributed by atoms with van der Waals surface area (Å²) < 4.78 is 23.3. The van der Waals surface area contributed by atoms with Gasteiger partial charge in [0.15, 0.2) is 9.84 Å². The van der Waals surface area contributed by atoms with E-state index < -0.39 is 9.84 Å². The molecule has 0 aromatic heterocycles. The molecular formula is C16H23NO2S2. The number of thioether (sulfide) groups is 1. The Labute approximate surface area is 132 Å². The van der Waals surface area contributed by atoms with Gasteiger partial charge in [-0.15, -0.1) is 0 Å². The van der Waals surface area contributed by atoms with Crippen molar-refractivity contribution >= 4 is 21.6 Å². The maximum absolute atomic E-state index is 11.7. The first kappa shape index (κ1) is 15.4. The number of hydrogen-bond acceptors (Lipinski definition) is 4. The molecule has 1 aliphatic heterocycles. The highest BCUT2D eigenvalue weighted by Gasteiger charge is 2.39. The Bertz CT molecular complexity index is 555. The number of benzene rings is 1. The van der Waals surface area contributed by atoms with Gasteiger partial charge in [0.25, 0.3) is 0 Å². The van der Waals surface area contributed by atoms with E-state index in [2.05, 4.69) is 29.2 Å². The van der Waals surface area contributed by atoms with Crippen molar-refractivity contribution in [3.63, 3.8) is 0 Å². The van der Waals surface area contributed by atoms with Gasteiger partial charge in [-0.05, 0) is 24.8 Å². The zero-order valence-electron chi connectivity index (χ0n) is 12.3. The van der Waals surface area contributed by atoms with Gasteiger partial charge in [-0.25, -0.2) is 8.42 Å². The van der Waals surface area contributed by atoms with Crippen LogP contribution >= 0.6 is 11.8 Å². The fourth-order valence-electron chi connectivity index (χ4n) is 3.04. The molecule has 0 amide bonds. The molecule has 0 radical (unpaired) electrons. The quantitative estimate of drug-likeness (QED) is 0.722. The van der Waals surface area contributed by atoms with Crippen molar-refractivity contribution < 1.29 is 8.42 Å². The summed E-state index contributed by atoms with van der Waals surface area (Å²) in [5, 5.41) is 0. The van der Waals surface area contributed by atoms with Crippen LogP contribution in [-0.2, 0) is 15.6 Å². The van der Waals surface area contributed by atoms with Gasteiger partial charge in [0.2, 0.25) is 0 Å². The molecule has 0 bridgehead atoms. The van der Waals surface area contributed by atoms with Crippen LogP contribution in [-0.4, -0.2) is 49.2 Å². The summed E-state index contributed by atoms with van der Waals surface area (Å²) >= 11 is 1.95. The van der Waals surface area contributed by atoms with E-state index in [0.29, 0.717) is 17.5 Å². The number of nitrogens with zero attached hydrogens (tertiary/aromatic N) is 1. The first-order valence-corrected chi connectivity index (χ1v) is 10.7. The third-order valence-corrected chi connectivity index (χ3v) is 7.06. The Balaban J connectivity index is 1.46. The van der Waals surface area contributed by atoms with Crippen LogP contribution in [0.25, 0.3) is 0 Å². The molecule has 2 aliphatic rings. The second kappa shape index (κ2) is 6.71. The average Bonchev–Trinajstić information content (AvgIpc) is 3.24. The van der Waals surface area contributed by atoms with Crippen molar-refractivity contribution in [3.8, 4) is 0 Å². The lowest BCUT2D eigenvalue weighted by Gasteiger charge is -2.27. The lowest BCUT2D eigenvalue weighted by molar-refractivity contribution is 0.215. The minimum Gasteiger partial charge on any atom is -0.296 e. The molecule has 3 rings (SSSR count). The average molecular weight is 325 g/mol. The Hall–Kier alpha value is -0.520. The van der Waals surface area contributed by atoms with E-state index in [1.807, 2.05) is 17.8 Å². The Morgan fingerprint density at radius 3 is 2.48 bits per heavy atom. The zero-order chi connectivity index (χ0) is 14.7. The van der Waals surface area contributed by atoms with Crippen LogP contribution in [0.15, 0.2) is 30.3 Å². The molecule has 21 heavy (non-hydrogen) atoms. The number of sulfone groups is 1. The molecule has 1 atom stereocenters. The molecule has 1 saturated carbocycles. The molecule has 0 N–H and O–H groups in total. The molecule has 5 heteroatoms. The van der Waals surface area contributed by atoms with Gasteiger partial charge in [0, 0.05) is 30.1 Å². The number of rotatable bonds is 7. The number of hydrogen-bond donors (Lipinski definition) is 0. The summed E-state index contributed by atoms with van der Waals surface area (Å²) in [7, 11) is -2.77. The minimum absolute atomic E-state index is 0.278. The van der Waals surface area contributed by atoms with Crippen molar-refractivity contribution in [3.05, 3.63) is 35.9 Å². The van der Waals surface area contributed by atoms with E-state index in [9.17, 15) is 8.42 Å². The molecule has 1 aromatic carbocycles. The van der Waals surface area contributed by atoms with Gasteiger partial charge >= 0.3 is 0 Å². The van der Waals surface area contributed by atoms with E-state index in [-0.39, 0.29) is 6.04 Å². The molecule has 1 heterocycles. The first-order valence-electron chi connectivity index (χ1n) is 7.72. The third-order valence-electron chi connectivity index (χ3n) is 4.30. The molecule has 1 aliphatic carbocycles. The monoisotopic (exact) mass is 325 g/mol. The van der Waals surface area contributed by atoms with Crippen molar-refractivity contribution in [2.45, 2.75) is 37.1 Å². The Morgan fingerprint density at radius 1 is 1.10 bits per heavy atom. The van der Waals surface area contributed by atoms with E-state index in [0.717, 1.165) is 24.5 Å². The second-order valence-corrected chi connectivity index (χ2v) is 9.40.